The van der Waals surface area contributed by atoms with Gasteiger partial charge in [0.2, 0.25) is 0 Å². The zero-order valence-corrected chi connectivity index (χ0v) is 18.5. The van der Waals surface area contributed by atoms with E-state index in [0.29, 0.717) is 5.41 Å². The van der Waals surface area contributed by atoms with E-state index in [1.807, 2.05) is 42.3 Å². The van der Waals surface area contributed by atoms with Gasteiger partial charge in [0.25, 0.3) is 0 Å². The van der Waals surface area contributed by atoms with E-state index in [2.05, 4.69) is 71.6 Å². The number of aryl methyl sites for hydroxylation is 2. The van der Waals surface area contributed by atoms with Crippen LogP contribution in [0.5, 0.6) is 0 Å². The zero-order valence-electron chi connectivity index (χ0n) is 18.5. The first-order chi connectivity index (χ1) is 14.4. The standard InChI is InChI=1S/C17H17N3.C8H14N2/c1-4-15(16-6-5-8-18-13(16)3)14-7-9-20-17(10-14)12(2)11-19-20;1-3-10-6-8(7-10)4-9(2)5-8/h4-11H,1-3H3;3H,1,4-7H2,2H3/b15-4-;. The minimum absolute atomic E-state index is 0.670. The molecule has 0 aliphatic carbocycles. The summed E-state index contributed by atoms with van der Waals surface area (Å²) in [6, 6.07) is 8.38. The average Bonchev–Trinajstić information content (AvgIpc) is 3.07. The molecule has 0 amide bonds. The van der Waals surface area contributed by atoms with Crippen molar-refractivity contribution in [3.8, 4) is 0 Å². The summed E-state index contributed by atoms with van der Waals surface area (Å²) in [6.45, 7) is 15.0. The van der Waals surface area contributed by atoms with Gasteiger partial charge in [-0.3, -0.25) is 4.98 Å². The molecule has 0 atom stereocenters. The van der Waals surface area contributed by atoms with Crippen molar-refractivity contribution in [3.63, 3.8) is 0 Å². The summed E-state index contributed by atoms with van der Waals surface area (Å²) in [4.78, 5) is 9.05. The summed E-state index contributed by atoms with van der Waals surface area (Å²) in [5, 5.41) is 4.32. The number of fused-ring (bicyclic) bond motifs is 1. The molecule has 3 aromatic heterocycles. The van der Waals surface area contributed by atoms with Gasteiger partial charge in [0, 0.05) is 55.2 Å². The molecule has 0 N–H and O–H groups in total. The van der Waals surface area contributed by atoms with Crippen LogP contribution in [0.25, 0.3) is 11.1 Å². The van der Waals surface area contributed by atoms with Gasteiger partial charge in [0.1, 0.15) is 0 Å². The second-order valence-electron chi connectivity index (χ2n) is 8.67. The number of likely N-dealkylation sites (tertiary alicyclic amines) is 2. The van der Waals surface area contributed by atoms with Crippen molar-refractivity contribution in [2.24, 2.45) is 5.41 Å². The molecule has 0 unspecified atom stereocenters. The van der Waals surface area contributed by atoms with Crippen molar-refractivity contribution in [3.05, 3.63) is 84.1 Å². The Hall–Kier alpha value is -2.92. The van der Waals surface area contributed by atoms with E-state index in [1.54, 1.807) is 0 Å². The van der Waals surface area contributed by atoms with Crippen molar-refractivity contribution in [2.45, 2.75) is 20.8 Å². The molecule has 2 aliphatic heterocycles. The number of hydrogen-bond donors (Lipinski definition) is 0. The maximum atomic E-state index is 4.38. The van der Waals surface area contributed by atoms with Crippen molar-refractivity contribution in [1.29, 1.82) is 0 Å². The number of pyridine rings is 2. The minimum Gasteiger partial charge on any atom is -0.376 e. The number of hydrogen-bond acceptors (Lipinski definition) is 4. The van der Waals surface area contributed by atoms with Crippen LogP contribution in [-0.4, -0.2) is 57.6 Å². The quantitative estimate of drug-likeness (QED) is 0.660. The topological polar surface area (TPSA) is 36.7 Å². The van der Waals surface area contributed by atoms with Gasteiger partial charge >= 0.3 is 0 Å². The normalized spacial score (nSPS) is 17.9. The second-order valence-corrected chi connectivity index (χ2v) is 8.67. The average molecular weight is 402 g/mol. The molecular formula is C25H31N5. The monoisotopic (exact) mass is 401 g/mol. The van der Waals surface area contributed by atoms with Gasteiger partial charge in [-0.05, 0) is 68.9 Å². The summed E-state index contributed by atoms with van der Waals surface area (Å²) in [5.41, 5.74) is 7.62. The molecule has 0 saturated carbocycles. The lowest BCUT2D eigenvalue weighted by molar-refractivity contribution is -0.0830. The van der Waals surface area contributed by atoms with Gasteiger partial charge in [0.15, 0.2) is 0 Å². The molecule has 5 nitrogen and oxygen atoms in total. The Labute approximate surface area is 179 Å². The predicted molar refractivity (Wildman–Crippen MR) is 123 cm³/mol. The molecule has 5 heteroatoms. The smallest absolute Gasteiger partial charge is 0.0696 e. The third-order valence-corrected chi connectivity index (χ3v) is 6.16. The number of rotatable bonds is 3. The van der Waals surface area contributed by atoms with E-state index in [0.717, 1.165) is 11.2 Å². The molecule has 0 radical (unpaired) electrons. The third-order valence-electron chi connectivity index (χ3n) is 6.16. The largest absolute Gasteiger partial charge is 0.376 e. The zero-order chi connectivity index (χ0) is 21.3. The Bertz CT molecular complexity index is 1080. The Balaban J connectivity index is 0.000000181. The highest BCUT2D eigenvalue weighted by Crippen LogP contribution is 2.38. The molecule has 0 bridgehead atoms. The molecule has 30 heavy (non-hydrogen) atoms. The highest BCUT2D eigenvalue weighted by Gasteiger charge is 2.49. The van der Waals surface area contributed by atoms with E-state index in [1.165, 1.54) is 48.4 Å². The van der Waals surface area contributed by atoms with E-state index in [9.17, 15) is 0 Å². The van der Waals surface area contributed by atoms with E-state index < -0.39 is 0 Å². The second kappa shape index (κ2) is 8.07. The molecule has 156 valence electrons. The van der Waals surface area contributed by atoms with Crippen LogP contribution in [0.2, 0.25) is 0 Å². The van der Waals surface area contributed by atoms with Gasteiger partial charge in [-0.2, -0.15) is 5.10 Å². The van der Waals surface area contributed by atoms with E-state index >= 15 is 0 Å². The van der Waals surface area contributed by atoms with Gasteiger partial charge in [-0.1, -0.05) is 18.7 Å². The fraction of sp³-hybridized carbons (Fsp3) is 0.360. The van der Waals surface area contributed by atoms with Gasteiger partial charge in [0.05, 0.1) is 11.7 Å². The van der Waals surface area contributed by atoms with Gasteiger partial charge in [-0.15, -0.1) is 0 Å². The summed E-state index contributed by atoms with van der Waals surface area (Å²) >= 11 is 0. The summed E-state index contributed by atoms with van der Waals surface area (Å²) < 4.78 is 1.90. The summed E-state index contributed by atoms with van der Waals surface area (Å²) in [6.07, 6.45) is 9.82. The van der Waals surface area contributed by atoms with Crippen LogP contribution in [0.4, 0.5) is 0 Å². The SMILES string of the molecule is C/C=C(/c1ccn2ncc(C)c2c1)c1cccnc1C.C=CN1CC2(CN(C)C2)C1. The predicted octanol–water partition coefficient (Wildman–Crippen LogP) is 4.18. The Kier molecular flexibility index (Phi) is 5.48. The van der Waals surface area contributed by atoms with Gasteiger partial charge in [-0.25, -0.2) is 4.52 Å². The Morgan fingerprint density at radius 3 is 2.57 bits per heavy atom. The molecule has 0 aromatic carbocycles. The molecule has 3 aromatic rings. The first-order valence-corrected chi connectivity index (χ1v) is 10.5. The van der Waals surface area contributed by atoms with E-state index in [-0.39, 0.29) is 0 Å². The van der Waals surface area contributed by atoms with Crippen molar-refractivity contribution in [1.82, 2.24) is 24.4 Å². The highest BCUT2D eigenvalue weighted by atomic mass is 15.3. The van der Waals surface area contributed by atoms with Crippen molar-refractivity contribution in [2.75, 3.05) is 33.2 Å². The summed E-state index contributed by atoms with van der Waals surface area (Å²) in [7, 11) is 2.18. The molecule has 2 fully saturated rings. The van der Waals surface area contributed by atoms with Crippen LogP contribution in [-0.2, 0) is 0 Å². The maximum Gasteiger partial charge on any atom is 0.0696 e. The molecule has 2 saturated heterocycles. The first-order valence-electron chi connectivity index (χ1n) is 10.5. The fourth-order valence-electron chi connectivity index (χ4n) is 4.76. The fourth-order valence-corrected chi connectivity index (χ4v) is 4.76. The van der Waals surface area contributed by atoms with Crippen LogP contribution in [0.1, 0.15) is 29.3 Å². The maximum absolute atomic E-state index is 4.38. The highest BCUT2D eigenvalue weighted by molar-refractivity contribution is 5.82. The molecule has 5 rings (SSSR count). The van der Waals surface area contributed by atoms with Crippen molar-refractivity contribution < 1.29 is 0 Å². The number of nitrogens with zero attached hydrogens (tertiary/aromatic N) is 5. The van der Waals surface area contributed by atoms with Crippen LogP contribution < -0.4 is 0 Å². The minimum atomic E-state index is 0.670. The Morgan fingerprint density at radius 1 is 1.17 bits per heavy atom. The third kappa shape index (κ3) is 3.77. The molecule has 1 spiro atoms. The summed E-state index contributed by atoms with van der Waals surface area (Å²) in [5.74, 6) is 0. The first kappa shape index (κ1) is 20.4. The molecule has 5 heterocycles. The molecular weight excluding hydrogens is 370 g/mol. The van der Waals surface area contributed by atoms with Crippen LogP contribution >= 0.6 is 0 Å². The van der Waals surface area contributed by atoms with Crippen LogP contribution in [0.15, 0.2) is 61.7 Å². The number of allylic oxidation sites excluding steroid dienone is 1. The van der Waals surface area contributed by atoms with Gasteiger partial charge < -0.3 is 9.80 Å². The van der Waals surface area contributed by atoms with Crippen LogP contribution in [0.3, 0.4) is 0 Å². The lowest BCUT2D eigenvalue weighted by Crippen LogP contribution is -2.69. The lowest BCUT2D eigenvalue weighted by Gasteiger charge is -2.59. The molecule has 2 aliphatic rings. The van der Waals surface area contributed by atoms with E-state index in [4.69, 9.17) is 0 Å². The van der Waals surface area contributed by atoms with Crippen molar-refractivity contribution >= 4 is 11.1 Å². The lowest BCUT2D eigenvalue weighted by atomic mass is 9.73. The van der Waals surface area contributed by atoms with Crippen LogP contribution in [0, 0.1) is 19.3 Å². The number of aromatic nitrogens is 3. The Morgan fingerprint density at radius 2 is 1.93 bits per heavy atom.